The molecule has 1 heterocycles. The van der Waals surface area contributed by atoms with Crippen molar-refractivity contribution in [2.24, 2.45) is 0 Å². The molecule has 2 saturated carbocycles. The Hall–Kier alpha value is -1.15. The van der Waals surface area contributed by atoms with Crippen molar-refractivity contribution in [3.05, 3.63) is 29.3 Å². The van der Waals surface area contributed by atoms with E-state index in [1.807, 2.05) is 0 Å². The van der Waals surface area contributed by atoms with Crippen molar-refractivity contribution in [3.8, 4) is 0 Å². The lowest BCUT2D eigenvalue weighted by atomic mass is 9.91. The van der Waals surface area contributed by atoms with Gasteiger partial charge in [-0.1, -0.05) is 30.2 Å². The summed E-state index contributed by atoms with van der Waals surface area (Å²) < 4.78 is 28.9. The summed E-state index contributed by atoms with van der Waals surface area (Å²) in [5.41, 5.74) is 0. The number of nitrogens with zero attached hydrogens (tertiary/aromatic N) is 2. The number of hydrogen-bond acceptors (Lipinski definition) is 3. The minimum Gasteiger partial charge on any atom is -0.348 e. The van der Waals surface area contributed by atoms with Crippen molar-refractivity contribution >= 4 is 27.5 Å². The molecule has 4 rings (SSSR count). The first-order valence-electron chi connectivity index (χ1n) is 11.3. The van der Waals surface area contributed by atoms with E-state index in [2.05, 4.69) is 5.32 Å². The average Bonchev–Trinajstić information content (AvgIpc) is 3.56. The van der Waals surface area contributed by atoms with Gasteiger partial charge >= 0.3 is 0 Å². The number of nitrogens with one attached hydrogen (secondary N) is 1. The van der Waals surface area contributed by atoms with E-state index < -0.39 is 10.0 Å². The topological polar surface area (TPSA) is 66.5 Å². The van der Waals surface area contributed by atoms with Gasteiger partial charge in [-0.15, -0.1) is 0 Å². The smallest absolute Gasteiger partial charge is 0.275 e. The number of halogens is 1. The molecule has 1 aliphatic heterocycles. The second-order valence-electron chi connectivity index (χ2n) is 9.15. The first kappa shape index (κ1) is 22.1. The largest absolute Gasteiger partial charge is 0.348 e. The van der Waals surface area contributed by atoms with Gasteiger partial charge in [0.25, 0.3) is 5.91 Å². The molecule has 1 aromatic carbocycles. The molecule has 0 radical (unpaired) electrons. The van der Waals surface area contributed by atoms with Crippen LogP contribution in [0.4, 0.5) is 0 Å². The molecule has 1 N–H and O–H groups in total. The molecule has 1 aromatic rings. The van der Waals surface area contributed by atoms with Crippen LogP contribution >= 0.6 is 11.6 Å². The van der Waals surface area contributed by atoms with Crippen LogP contribution in [0.1, 0.15) is 51.4 Å². The predicted molar refractivity (Wildman–Crippen MR) is 118 cm³/mol. The highest BCUT2D eigenvalue weighted by atomic mass is 35.5. The van der Waals surface area contributed by atoms with Crippen molar-refractivity contribution in [1.29, 1.82) is 0 Å². The zero-order chi connectivity index (χ0) is 21.2. The quantitative estimate of drug-likeness (QED) is 0.671. The van der Waals surface area contributed by atoms with Gasteiger partial charge in [0.05, 0.1) is 30.7 Å². The lowest BCUT2D eigenvalue weighted by molar-refractivity contribution is -0.943. The maximum absolute atomic E-state index is 13.3. The summed E-state index contributed by atoms with van der Waals surface area (Å²) in [6.45, 7) is 2.93. The van der Waals surface area contributed by atoms with Gasteiger partial charge in [-0.2, -0.15) is 4.31 Å². The van der Waals surface area contributed by atoms with Crippen molar-refractivity contribution in [2.75, 3.05) is 32.7 Å². The Morgan fingerprint density at radius 2 is 1.77 bits per heavy atom. The number of carbonyl (C=O) groups excluding carboxylic acids is 1. The third-order valence-corrected chi connectivity index (χ3v) is 9.41. The summed E-state index contributed by atoms with van der Waals surface area (Å²) in [6, 6.07) is 7.46. The fourth-order valence-electron chi connectivity index (χ4n) is 5.20. The molecule has 8 heteroatoms. The van der Waals surface area contributed by atoms with E-state index in [0.29, 0.717) is 38.3 Å². The van der Waals surface area contributed by atoms with Gasteiger partial charge in [0.15, 0.2) is 6.54 Å². The standard InChI is InChI=1S/C22H32ClN3O3S/c23-20-9-4-5-10-21(20)30(28,29)25-13-6-15-26(16-14-25,19-7-2-1-3-8-19)17-22(27)24-18-11-12-18/h4-5,9-10,18-19H,1-3,6-8,11-17H2/p+1. The van der Waals surface area contributed by atoms with Gasteiger partial charge in [0.2, 0.25) is 10.0 Å². The number of rotatable bonds is 6. The SMILES string of the molecule is O=C(C[N+]1(C2CCCCC2)CCCN(S(=O)(=O)c2ccccc2Cl)CC1)NC1CC1. The van der Waals surface area contributed by atoms with Crippen molar-refractivity contribution in [2.45, 2.75) is 68.3 Å². The molecule has 2 aliphatic carbocycles. The van der Waals surface area contributed by atoms with Crippen LogP contribution in [-0.4, -0.2) is 67.9 Å². The maximum atomic E-state index is 13.3. The van der Waals surface area contributed by atoms with Crippen LogP contribution < -0.4 is 5.32 Å². The number of carbonyl (C=O) groups is 1. The van der Waals surface area contributed by atoms with Crippen LogP contribution in [-0.2, 0) is 14.8 Å². The summed E-state index contributed by atoms with van der Waals surface area (Å²) in [7, 11) is -3.64. The molecule has 6 nitrogen and oxygen atoms in total. The molecule has 166 valence electrons. The molecule has 1 atom stereocenters. The molecule has 0 spiro atoms. The van der Waals surface area contributed by atoms with Gasteiger partial charge in [-0.3, -0.25) is 4.79 Å². The Balaban J connectivity index is 1.54. The Labute approximate surface area is 185 Å². The molecule has 0 aromatic heterocycles. The zero-order valence-corrected chi connectivity index (χ0v) is 19.1. The monoisotopic (exact) mass is 454 g/mol. The number of sulfonamides is 1. The second kappa shape index (κ2) is 9.15. The minimum atomic E-state index is -3.64. The van der Waals surface area contributed by atoms with Crippen LogP contribution in [0.25, 0.3) is 0 Å². The summed E-state index contributed by atoms with van der Waals surface area (Å²) in [6.07, 6.45) is 8.86. The maximum Gasteiger partial charge on any atom is 0.275 e. The fourth-order valence-corrected chi connectivity index (χ4v) is 7.16. The fraction of sp³-hybridized carbons (Fsp3) is 0.682. The molecule has 1 unspecified atom stereocenters. The number of benzene rings is 1. The third-order valence-electron chi connectivity index (χ3n) is 7.01. The van der Waals surface area contributed by atoms with E-state index in [-0.39, 0.29) is 15.8 Å². The van der Waals surface area contributed by atoms with Gasteiger partial charge in [0, 0.05) is 19.0 Å². The zero-order valence-electron chi connectivity index (χ0n) is 17.6. The van der Waals surface area contributed by atoms with Crippen LogP contribution in [0.3, 0.4) is 0 Å². The Morgan fingerprint density at radius 1 is 1.03 bits per heavy atom. The van der Waals surface area contributed by atoms with E-state index in [9.17, 15) is 13.2 Å². The van der Waals surface area contributed by atoms with E-state index in [0.717, 1.165) is 43.1 Å². The Bertz CT molecular complexity index is 868. The normalized spacial score (nSPS) is 26.8. The van der Waals surface area contributed by atoms with Crippen LogP contribution in [0.15, 0.2) is 29.2 Å². The highest BCUT2D eigenvalue weighted by Crippen LogP contribution is 2.32. The predicted octanol–water partition coefficient (Wildman–Crippen LogP) is 3.16. The molecular formula is C22H33ClN3O3S+. The highest BCUT2D eigenvalue weighted by molar-refractivity contribution is 7.89. The first-order valence-corrected chi connectivity index (χ1v) is 13.1. The highest BCUT2D eigenvalue weighted by Gasteiger charge is 2.43. The second-order valence-corrected chi connectivity index (χ2v) is 11.5. The van der Waals surface area contributed by atoms with Crippen molar-refractivity contribution in [1.82, 2.24) is 9.62 Å². The van der Waals surface area contributed by atoms with Crippen molar-refractivity contribution in [3.63, 3.8) is 0 Å². The minimum absolute atomic E-state index is 0.130. The van der Waals surface area contributed by atoms with Crippen LogP contribution in [0.5, 0.6) is 0 Å². The summed E-state index contributed by atoms with van der Waals surface area (Å²) in [4.78, 5) is 13.0. The van der Waals surface area contributed by atoms with E-state index in [1.54, 1.807) is 28.6 Å². The van der Waals surface area contributed by atoms with Crippen LogP contribution in [0, 0.1) is 0 Å². The molecule has 1 saturated heterocycles. The van der Waals surface area contributed by atoms with E-state index >= 15 is 0 Å². The molecule has 30 heavy (non-hydrogen) atoms. The molecule has 1 amide bonds. The molecule has 3 fully saturated rings. The van der Waals surface area contributed by atoms with Gasteiger partial charge < -0.3 is 9.80 Å². The summed E-state index contributed by atoms with van der Waals surface area (Å²) in [5.74, 6) is 0.130. The van der Waals surface area contributed by atoms with E-state index in [4.69, 9.17) is 11.6 Å². The Morgan fingerprint density at radius 3 is 2.47 bits per heavy atom. The average molecular weight is 455 g/mol. The van der Waals surface area contributed by atoms with Crippen LogP contribution in [0.2, 0.25) is 5.02 Å². The lowest BCUT2D eigenvalue weighted by Gasteiger charge is -2.45. The summed E-state index contributed by atoms with van der Waals surface area (Å²) in [5, 5.41) is 3.42. The first-order chi connectivity index (χ1) is 14.4. The molecule has 3 aliphatic rings. The molecular weight excluding hydrogens is 422 g/mol. The number of quaternary nitrogens is 1. The van der Waals surface area contributed by atoms with Gasteiger partial charge in [-0.25, -0.2) is 8.42 Å². The number of amides is 1. The lowest BCUT2D eigenvalue weighted by Crippen LogP contribution is -2.61. The van der Waals surface area contributed by atoms with E-state index in [1.165, 1.54) is 19.3 Å². The molecule has 0 bridgehead atoms. The van der Waals surface area contributed by atoms with Crippen molar-refractivity contribution < 1.29 is 17.7 Å². The van der Waals surface area contributed by atoms with Gasteiger partial charge in [0.1, 0.15) is 4.90 Å². The number of hydrogen-bond donors (Lipinski definition) is 1. The third kappa shape index (κ3) is 4.85. The Kier molecular flexibility index (Phi) is 6.73. The van der Waals surface area contributed by atoms with Gasteiger partial charge in [-0.05, 0) is 50.7 Å². The summed E-state index contributed by atoms with van der Waals surface area (Å²) >= 11 is 6.21.